The molecule has 154 valence electrons. The van der Waals surface area contributed by atoms with Gasteiger partial charge < -0.3 is 9.64 Å². The molecule has 0 spiro atoms. The number of morpholine rings is 1. The number of anilines is 1. The third kappa shape index (κ3) is 5.20. The predicted octanol–water partition coefficient (Wildman–Crippen LogP) is 1.54. The van der Waals surface area contributed by atoms with Gasteiger partial charge in [-0.1, -0.05) is 18.2 Å². The van der Waals surface area contributed by atoms with Crippen molar-refractivity contribution in [2.75, 3.05) is 45.3 Å². The van der Waals surface area contributed by atoms with Crippen molar-refractivity contribution in [3.05, 3.63) is 59.7 Å². The summed E-state index contributed by atoms with van der Waals surface area (Å²) in [7, 11) is -0.724. The molecule has 1 N–H and O–H groups in total. The van der Waals surface area contributed by atoms with Crippen LogP contribution in [0.15, 0.2) is 58.5 Å². The Labute approximate surface area is 170 Å². The average Bonchev–Trinajstić information content (AvgIpc) is 2.75. The molecule has 0 radical (unpaired) electrons. The van der Waals surface area contributed by atoms with Gasteiger partial charge >= 0.3 is 0 Å². The first-order chi connectivity index (χ1) is 13.9. The molecule has 1 heterocycles. The molecule has 1 amide bonds. The number of carbonyl (C=O) groups is 1. The summed E-state index contributed by atoms with van der Waals surface area (Å²) in [6.07, 6.45) is 1.54. The van der Waals surface area contributed by atoms with Crippen LogP contribution in [0, 0.1) is 0 Å². The van der Waals surface area contributed by atoms with Crippen molar-refractivity contribution in [2.24, 2.45) is 5.10 Å². The van der Waals surface area contributed by atoms with Crippen molar-refractivity contribution < 1.29 is 17.9 Å². The third-order valence-corrected chi connectivity index (χ3v) is 6.33. The highest BCUT2D eigenvalue weighted by atomic mass is 32.2. The number of sulfonamides is 1. The van der Waals surface area contributed by atoms with Gasteiger partial charge in [-0.05, 0) is 35.9 Å². The van der Waals surface area contributed by atoms with Crippen molar-refractivity contribution in [2.45, 2.75) is 4.90 Å². The van der Waals surface area contributed by atoms with Gasteiger partial charge in [0, 0.05) is 38.4 Å². The van der Waals surface area contributed by atoms with Crippen molar-refractivity contribution in [1.29, 1.82) is 0 Å². The molecule has 0 saturated carbocycles. The Morgan fingerprint density at radius 1 is 1.14 bits per heavy atom. The van der Waals surface area contributed by atoms with Crippen molar-refractivity contribution in [3.8, 4) is 0 Å². The van der Waals surface area contributed by atoms with Crippen LogP contribution in [0.4, 0.5) is 5.69 Å². The molecule has 2 aromatic rings. The number of nitrogens with one attached hydrogen (secondary N) is 1. The molecule has 1 saturated heterocycles. The summed E-state index contributed by atoms with van der Waals surface area (Å²) in [4.78, 5) is 14.6. The van der Waals surface area contributed by atoms with Gasteiger partial charge in [-0.15, -0.1) is 0 Å². The molecular weight excluding hydrogens is 392 g/mol. The lowest BCUT2D eigenvalue weighted by atomic mass is 10.2. The molecule has 0 unspecified atom stereocenters. The van der Waals surface area contributed by atoms with E-state index in [0.717, 1.165) is 41.9 Å². The van der Waals surface area contributed by atoms with E-state index in [-0.39, 0.29) is 10.5 Å². The fraction of sp³-hybridized carbons (Fsp3) is 0.300. The first-order valence-electron chi connectivity index (χ1n) is 9.17. The Hall–Kier alpha value is -2.75. The second-order valence-corrected chi connectivity index (χ2v) is 8.86. The van der Waals surface area contributed by atoms with Crippen LogP contribution in [0.1, 0.15) is 15.9 Å². The third-order valence-electron chi connectivity index (χ3n) is 4.52. The number of hydrazone groups is 1. The van der Waals surface area contributed by atoms with E-state index >= 15 is 0 Å². The number of carbonyl (C=O) groups excluding carboxylic acids is 1. The Kier molecular flexibility index (Phi) is 6.63. The first kappa shape index (κ1) is 21.0. The van der Waals surface area contributed by atoms with Gasteiger partial charge in [0.05, 0.1) is 24.3 Å². The minimum Gasteiger partial charge on any atom is -0.378 e. The number of rotatable bonds is 6. The summed E-state index contributed by atoms with van der Waals surface area (Å²) >= 11 is 0. The molecule has 1 aliphatic rings. The van der Waals surface area contributed by atoms with Gasteiger partial charge in [0.2, 0.25) is 10.0 Å². The number of ether oxygens (including phenoxy) is 1. The van der Waals surface area contributed by atoms with E-state index in [9.17, 15) is 13.2 Å². The van der Waals surface area contributed by atoms with E-state index in [1.807, 2.05) is 24.3 Å². The molecule has 29 heavy (non-hydrogen) atoms. The van der Waals surface area contributed by atoms with Crippen LogP contribution in [-0.4, -0.2) is 65.2 Å². The summed E-state index contributed by atoms with van der Waals surface area (Å²) in [5.41, 5.74) is 4.60. The Bertz CT molecular complexity index is 982. The Morgan fingerprint density at radius 2 is 1.83 bits per heavy atom. The number of hydrogen-bond acceptors (Lipinski definition) is 6. The molecular formula is C20H24N4O4S. The van der Waals surface area contributed by atoms with Gasteiger partial charge in [-0.25, -0.2) is 18.1 Å². The van der Waals surface area contributed by atoms with E-state index in [2.05, 4.69) is 15.4 Å². The summed E-state index contributed by atoms with van der Waals surface area (Å²) in [6.45, 7) is 3.19. The quantitative estimate of drug-likeness (QED) is 0.570. The topological polar surface area (TPSA) is 91.3 Å². The molecule has 8 nitrogen and oxygen atoms in total. The highest BCUT2D eigenvalue weighted by Crippen LogP contribution is 2.16. The van der Waals surface area contributed by atoms with Gasteiger partial charge in [0.1, 0.15) is 0 Å². The lowest BCUT2D eigenvalue weighted by Crippen LogP contribution is -2.36. The smallest absolute Gasteiger partial charge is 0.271 e. The van der Waals surface area contributed by atoms with Gasteiger partial charge in [0.25, 0.3) is 5.91 Å². The largest absolute Gasteiger partial charge is 0.378 e. The van der Waals surface area contributed by atoms with Crippen LogP contribution in [0.2, 0.25) is 0 Å². The standard InChI is InChI=1S/C20H24N4O4S/c1-23(2)29(26,27)19-5-3-4-17(14-19)20(25)22-21-15-16-6-8-18(9-7-16)24-10-12-28-13-11-24/h3-9,14-15H,10-13H2,1-2H3,(H,22,25)/b21-15-. The Balaban J connectivity index is 1.62. The van der Waals surface area contributed by atoms with Crippen LogP contribution in [-0.2, 0) is 14.8 Å². The summed E-state index contributed by atoms with van der Waals surface area (Å²) in [6, 6.07) is 13.7. The minimum atomic E-state index is -3.61. The molecule has 1 aliphatic heterocycles. The minimum absolute atomic E-state index is 0.0535. The fourth-order valence-corrected chi connectivity index (χ4v) is 3.78. The molecule has 1 fully saturated rings. The van der Waals surface area contributed by atoms with Gasteiger partial charge in [-0.3, -0.25) is 4.79 Å². The number of nitrogens with zero attached hydrogens (tertiary/aromatic N) is 3. The maximum Gasteiger partial charge on any atom is 0.271 e. The molecule has 0 atom stereocenters. The number of hydrogen-bond donors (Lipinski definition) is 1. The Morgan fingerprint density at radius 3 is 2.48 bits per heavy atom. The maximum atomic E-state index is 12.3. The second kappa shape index (κ2) is 9.17. The van der Waals surface area contributed by atoms with Crippen LogP contribution < -0.4 is 10.3 Å². The summed E-state index contributed by atoms with van der Waals surface area (Å²) in [5.74, 6) is -0.484. The molecule has 0 aliphatic carbocycles. The normalized spacial score (nSPS) is 15.1. The molecule has 3 rings (SSSR count). The zero-order valence-corrected chi connectivity index (χ0v) is 17.2. The van der Waals surface area contributed by atoms with E-state index in [4.69, 9.17) is 4.74 Å². The van der Waals surface area contributed by atoms with E-state index in [0.29, 0.717) is 0 Å². The average molecular weight is 417 g/mol. The molecule has 0 aromatic heterocycles. The zero-order valence-electron chi connectivity index (χ0n) is 16.4. The van der Waals surface area contributed by atoms with Gasteiger partial charge in [0.15, 0.2) is 0 Å². The monoisotopic (exact) mass is 416 g/mol. The first-order valence-corrected chi connectivity index (χ1v) is 10.6. The van der Waals surface area contributed by atoms with Crippen molar-refractivity contribution in [1.82, 2.24) is 9.73 Å². The lowest BCUT2D eigenvalue weighted by molar-refractivity contribution is 0.0955. The molecule has 9 heteroatoms. The fourth-order valence-electron chi connectivity index (χ4n) is 2.83. The molecule has 2 aromatic carbocycles. The predicted molar refractivity (Wildman–Crippen MR) is 112 cm³/mol. The SMILES string of the molecule is CN(C)S(=O)(=O)c1cccc(C(=O)N/N=C\c2ccc(N3CCOCC3)cc2)c1. The zero-order chi connectivity index (χ0) is 20.9. The maximum absolute atomic E-state index is 12.3. The summed E-state index contributed by atoms with van der Waals surface area (Å²) in [5, 5.41) is 3.97. The van der Waals surface area contributed by atoms with E-state index in [1.165, 1.54) is 38.4 Å². The van der Waals surface area contributed by atoms with E-state index in [1.54, 1.807) is 6.21 Å². The van der Waals surface area contributed by atoms with Crippen molar-refractivity contribution in [3.63, 3.8) is 0 Å². The molecule has 0 bridgehead atoms. The number of amides is 1. The summed E-state index contributed by atoms with van der Waals surface area (Å²) < 4.78 is 30.9. The van der Waals surface area contributed by atoms with Crippen LogP contribution in [0.3, 0.4) is 0 Å². The lowest BCUT2D eigenvalue weighted by Gasteiger charge is -2.28. The second-order valence-electron chi connectivity index (χ2n) is 6.71. The van der Waals surface area contributed by atoms with E-state index < -0.39 is 15.9 Å². The highest BCUT2D eigenvalue weighted by Gasteiger charge is 2.18. The van der Waals surface area contributed by atoms with Crippen molar-refractivity contribution >= 4 is 27.8 Å². The van der Waals surface area contributed by atoms with Gasteiger partial charge in [-0.2, -0.15) is 5.10 Å². The highest BCUT2D eigenvalue weighted by molar-refractivity contribution is 7.89. The van der Waals surface area contributed by atoms with Crippen LogP contribution in [0.5, 0.6) is 0 Å². The van der Waals surface area contributed by atoms with Crippen LogP contribution >= 0.6 is 0 Å². The number of benzene rings is 2. The van der Waals surface area contributed by atoms with Crippen LogP contribution in [0.25, 0.3) is 0 Å².